The summed E-state index contributed by atoms with van der Waals surface area (Å²) in [6.45, 7) is 4.54. The fourth-order valence-electron chi connectivity index (χ4n) is 2.17. The van der Waals surface area contributed by atoms with E-state index in [0.29, 0.717) is 6.54 Å². The summed E-state index contributed by atoms with van der Waals surface area (Å²) in [5.74, 6) is 0.107. The van der Waals surface area contributed by atoms with Crippen molar-refractivity contribution in [3.05, 3.63) is 35.4 Å². The molecule has 3 nitrogen and oxygen atoms in total. The van der Waals surface area contributed by atoms with Gasteiger partial charge in [0, 0.05) is 6.54 Å². The summed E-state index contributed by atoms with van der Waals surface area (Å²) < 4.78 is 0. The van der Waals surface area contributed by atoms with Gasteiger partial charge in [-0.25, -0.2) is 0 Å². The van der Waals surface area contributed by atoms with Crippen molar-refractivity contribution in [3.63, 3.8) is 0 Å². The molecule has 1 aliphatic rings. The van der Waals surface area contributed by atoms with Gasteiger partial charge in [0.05, 0.1) is 11.5 Å². The molecule has 3 heteroatoms. The minimum atomic E-state index is -0.267. The van der Waals surface area contributed by atoms with E-state index in [-0.39, 0.29) is 17.4 Å². The molecule has 0 saturated heterocycles. The van der Waals surface area contributed by atoms with Gasteiger partial charge in [-0.05, 0) is 37.8 Å². The van der Waals surface area contributed by atoms with Gasteiger partial charge in [0.2, 0.25) is 5.91 Å². The number of amides is 1. The van der Waals surface area contributed by atoms with E-state index in [1.165, 1.54) is 11.1 Å². The van der Waals surface area contributed by atoms with E-state index in [4.69, 9.17) is 5.73 Å². The summed E-state index contributed by atoms with van der Waals surface area (Å²) in [5.41, 5.74) is 7.77. The maximum absolute atomic E-state index is 12.1. The zero-order valence-electron chi connectivity index (χ0n) is 10.5. The third-order valence-corrected chi connectivity index (χ3v) is 3.73. The van der Waals surface area contributed by atoms with Gasteiger partial charge in [-0.1, -0.05) is 24.3 Å². The van der Waals surface area contributed by atoms with Crippen molar-refractivity contribution < 1.29 is 4.79 Å². The number of nitrogens with two attached hydrogens (primary N) is 1. The Kier molecular flexibility index (Phi) is 3.20. The fraction of sp³-hybridized carbons (Fsp3) is 0.500. The van der Waals surface area contributed by atoms with Crippen LogP contribution in [0.2, 0.25) is 0 Å². The van der Waals surface area contributed by atoms with E-state index < -0.39 is 0 Å². The predicted molar refractivity (Wildman–Crippen MR) is 68.5 cm³/mol. The molecule has 1 unspecified atom stereocenters. The Balaban J connectivity index is 2.05. The highest BCUT2D eigenvalue weighted by atomic mass is 16.2. The SMILES string of the molecule is Cc1ccccc1C(C)NC(=O)C1(CN)CC1. The van der Waals surface area contributed by atoms with Gasteiger partial charge >= 0.3 is 0 Å². The van der Waals surface area contributed by atoms with Gasteiger partial charge < -0.3 is 11.1 Å². The number of hydrogen-bond donors (Lipinski definition) is 2. The summed E-state index contributed by atoms with van der Waals surface area (Å²) in [6, 6.07) is 8.18. The molecule has 0 heterocycles. The van der Waals surface area contributed by atoms with Crippen LogP contribution in [0.4, 0.5) is 0 Å². The van der Waals surface area contributed by atoms with Crippen LogP contribution in [0.25, 0.3) is 0 Å². The standard InChI is InChI=1S/C14H20N2O/c1-10-5-3-4-6-12(10)11(2)16-13(17)14(9-15)7-8-14/h3-6,11H,7-9,15H2,1-2H3,(H,16,17). The third-order valence-electron chi connectivity index (χ3n) is 3.73. The number of carbonyl (C=O) groups excluding carboxylic acids is 1. The Morgan fingerprint density at radius 1 is 1.47 bits per heavy atom. The molecular weight excluding hydrogens is 212 g/mol. The number of aryl methyl sites for hydroxylation is 1. The van der Waals surface area contributed by atoms with Crippen LogP contribution < -0.4 is 11.1 Å². The quantitative estimate of drug-likeness (QED) is 0.833. The van der Waals surface area contributed by atoms with Crippen molar-refractivity contribution >= 4 is 5.91 Å². The van der Waals surface area contributed by atoms with Crippen LogP contribution in [0.15, 0.2) is 24.3 Å². The molecule has 17 heavy (non-hydrogen) atoms. The van der Waals surface area contributed by atoms with E-state index in [2.05, 4.69) is 24.4 Å². The molecule has 1 fully saturated rings. The normalized spacial score (nSPS) is 18.5. The maximum Gasteiger partial charge on any atom is 0.227 e. The lowest BCUT2D eigenvalue weighted by Gasteiger charge is -2.20. The third kappa shape index (κ3) is 2.34. The zero-order chi connectivity index (χ0) is 12.5. The van der Waals surface area contributed by atoms with Crippen LogP contribution in [0.5, 0.6) is 0 Å². The van der Waals surface area contributed by atoms with Crippen LogP contribution in [0, 0.1) is 12.3 Å². The van der Waals surface area contributed by atoms with Crippen molar-refractivity contribution in [2.24, 2.45) is 11.1 Å². The van der Waals surface area contributed by atoms with E-state index in [0.717, 1.165) is 12.8 Å². The van der Waals surface area contributed by atoms with Crippen LogP contribution in [-0.4, -0.2) is 12.5 Å². The first-order valence-corrected chi connectivity index (χ1v) is 6.16. The van der Waals surface area contributed by atoms with Crippen molar-refractivity contribution in [3.8, 4) is 0 Å². The number of rotatable bonds is 4. The minimum Gasteiger partial charge on any atom is -0.349 e. The molecule has 0 aromatic heterocycles. The number of carbonyl (C=O) groups is 1. The number of hydrogen-bond acceptors (Lipinski definition) is 2. The Labute approximate surface area is 102 Å². The molecule has 1 aromatic rings. The highest BCUT2D eigenvalue weighted by Crippen LogP contribution is 2.45. The molecule has 0 bridgehead atoms. The minimum absolute atomic E-state index is 0.0488. The van der Waals surface area contributed by atoms with Crippen LogP contribution in [0.3, 0.4) is 0 Å². The van der Waals surface area contributed by atoms with Crippen LogP contribution in [-0.2, 0) is 4.79 Å². The topological polar surface area (TPSA) is 55.1 Å². The molecule has 1 aromatic carbocycles. The summed E-state index contributed by atoms with van der Waals surface area (Å²) in [5, 5.41) is 3.07. The van der Waals surface area contributed by atoms with Gasteiger partial charge in [0.25, 0.3) is 0 Å². The second kappa shape index (κ2) is 4.49. The first-order chi connectivity index (χ1) is 8.09. The van der Waals surface area contributed by atoms with Gasteiger partial charge in [-0.15, -0.1) is 0 Å². The predicted octanol–water partition coefficient (Wildman–Crippen LogP) is 1.91. The molecule has 1 amide bonds. The molecule has 3 N–H and O–H groups in total. The zero-order valence-corrected chi connectivity index (χ0v) is 10.5. The first kappa shape index (κ1) is 12.1. The van der Waals surface area contributed by atoms with E-state index in [1.54, 1.807) is 0 Å². The molecule has 1 saturated carbocycles. The van der Waals surface area contributed by atoms with E-state index in [9.17, 15) is 4.79 Å². The Morgan fingerprint density at radius 2 is 2.12 bits per heavy atom. The van der Waals surface area contributed by atoms with Gasteiger partial charge in [0.15, 0.2) is 0 Å². The van der Waals surface area contributed by atoms with Gasteiger partial charge in [-0.2, -0.15) is 0 Å². The second-order valence-corrected chi connectivity index (χ2v) is 5.04. The van der Waals surface area contributed by atoms with Crippen molar-refractivity contribution in [2.75, 3.05) is 6.54 Å². The summed E-state index contributed by atoms with van der Waals surface area (Å²) in [6.07, 6.45) is 1.85. The average molecular weight is 232 g/mol. The van der Waals surface area contributed by atoms with Crippen LogP contribution >= 0.6 is 0 Å². The molecule has 92 valence electrons. The fourth-order valence-corrected chi connectivity index (χ4v) is 2.17. The van der Waals surface area contributed by atoms with E-state index in [1.807, 2.05) is 19.1 Å². The monoisotopic (exact) mass is 232 g/mol. The lowest BCUT2D eigenvalue weighted by molar-refractivity contribution is -0.126. The van der Waals surface area contributed by atoms with Gasteiger partial charge in [0.1, 0.15) is 0 Å². The van der Waals surface area contributed by atoms with Crippen LogP contribution in [0.1, 0.15) is 36.9 Å². The Bertz CT molecular complexity index is 424. The van der Waals surface area contributed by atoms with E-state index >= 15 is 0 Å². The average Bonchev–Trinajstić information content (AvgIpc) is 3.10. The molecule has 0 aliphatic heterocycles. The maximum atomic E-state index is 12.1. The highest BCUT2D eigenvalue weighted by molar-refractivity contribution is 5.85. The first-order valence-electron chi connectivity index (χ1n) is 6.16. The van der Waals surface area contributed by atoms with Crippen molar-refractivity contribution in [1.82, 2.24) is 5.32 Å². The summed E-state index contributed by atoms with van der Waals surface area (Å²) in [7, 11) is 0. The molecule has 0 spiro atoms. The summed E-state index contributed by atoms with van der Waals surface area (Å²) in [4.78, 5) is 12.1. The van der Waals surface area contributed by atoms with Crippen molar-refractivity contribution in [1.29, 1.82) is 0 Å². The molecular formula is C14H20N2O. The molecule has 0 radical (unpaired) electrons. The Morgan fingerprint density at radius 3 is 2.65 bits per heavy atom. The largest absolute Gasteiger partial charge is 0.349 e. The lowest BCUT2D eigenvalue weighted by Crippen LogP contribution is -2.38. The number of benzene rings is 1. The number of nitrogens with one attached hydrogen (secondary N) is 1. The van der Waals surface area contributed by atoms with Crippen molar-refractivity contribution in [2.45, 2.75) is 32.7 Å². The lowest BCUT2D eigenvalue weighted by atomic mass is 10.0. The Hall–Kier alpha value is -1.35. The second-order valence-electron chi connectivity index (χ2n) is 5.04. The smallest absolute Gasteiger partial charge is 0.227 e. The molecule has 2 rings (SSSR count). The summed E-state index contributed by atoms with van der Waals surface area (Å²) >= 11 is 0. The molecule has 1 aliphatic carbocycles. The molecule has 1 atom stereocenters. The van der Waals surface area contributed by atoms with Gasteiger partial charge in [-0.3, -0.25) is 4.79 Å². The highest BCUT2D eigenvalue weighted by Gasteiger charge is 2.48.